The second-order valence-electron chi connectivity index (χ2n) is 10.9. The second-order valence-corrected chi connectivity index (χ2v) is 12.7. The number of aliphatic hydroxyl groups excluding tert-OH is 1. The SMILES string of the molecule is O=C(Nc1cccc(-c2cccc(NC(=O)c3nc4c(s3)CN(CCF)CC4)c2Cl)c1Cl)c1cc2n(n1)CCCC2NCCO. The standard InChI is InChI=1S/C31H32Cl2FN7O3S/c32-27-18(4-1-6-22(27)36-29(43)24-16-25-20(35-11-15-42)8-3-12-41(25)39-24)19-5-2-7-23(28(19)33)37-30(44)31-38-21-9-13-40(14-10-34)17-26(21)45-31/h1-2,4-7,16,20,35,42H,3,8-15,17H2,(H,36,43)(H,37,44). The molecule has 0 bridgehead atoms. The number of aliphatic hydroxyl groups is 1. The number of carbonyl (C=O) groups is 2. The first-order valence-corrected chi connectivity index (χ1v) is 16.3. The predicted molar refractivity (Wildman–Crippen MR) is 174 cm³/mol. The van der Waals surface area contributed by atoms with Crippen molar-refractivity contribution in [3.8, 4) is 11.1 Å². The molecule has 6 rings (SSSR count). The van der Waals surface area contributed by atoms with Crippen molar-refractivity contribution in [2.24, 2.45) is 0 Å². The summed E-state index contributed by atoms with van der Waals surface area (Å²) >= 11 is 14.9. The first-order valence-electron chi connectivity index (χ1n) is 14.7. The van der Waals surface area contributed by atoms with E-state index in [9.17, 15) is 19.1 Å². The number of halogens is 3. The molecule has 4 aromatic rings. The van der Waals surface area contributed by atoms with Crippen molar-refractivity contribution in [3.63, 3.8) is 0 Å². The Labute approximate surface area is 273 Å². The van der Waals surface area contributed by atoms with Crippen LogP contribution in [0.4, 0.5) is 15.8 Å². The van der Waals surface area contributed by atoms with Crippen molar-refractivity contribution in [2.75, 3.05) is 43.5 Å². The van der Waals surface area contributed by atoms with E-state index in [0.29, 0.717) is 66.7 Å². The number of thiazole rings is 1. The number of aryl methyl sites for hydroxylation is 1. The topological polar surface area (TPSA) is 124 Å². The first kappa shape index (κ1) is 31.6. The minimum Gasteiger partial charge on any atom is -0.395 e. The molecule has 0 saturated heterocycles. The largest absolute Gasteiger partial charge is 0.395 e. The molecule has 0 aliphatic carbocycles. The molecule has 0 spiro atoms. The Balaban J connectivity index is 1.18. The van der Waals surface area contributed by atoms with Crippen molar-refractivity contribution in [1.82, 2.24) is 25.0 Å². The molecule has 2 aliphatic rings. The summed E-state index contributed by atoms with van der Waals surface area (Å²) in [5, 5.41) is 23.6. The summed E-state index contributed by atoms with van der Waals surface area (Å²) in [5.41, 5.74) is 3.98. The average Bonchev–Trinajstić information content (AvgIpc) is 3.67. The summed E-state index contributed by atoms with van der Waals surface area (Å²) in [6, 6.07) is 12.3. The maximum absolute atomic E-state index is 13.2. The van der Waals surface area contributed by atoms with Crippen LogP contribution < -0.4 is 16.0 Å². The molecule has 10 nitrogen and oxygen atoms in total. The van der Waals surface area contributed by atoms with E-state index < -0.39 is 12.6 Å². The second kappa shape index (κ2) is 13.9. The highest BCUT2D eigenvalue weighted by Gasteiger charge is 2.26. The molecule has 45 heavy (non-hydrogen) atoms. The number of anilines is 2. The molecule has 2 amide bonds. The molecule has 236 valence electrons. The summed E-state index contributed by atoms with van der Waals surface area (Å²) in [5.74, 6) is -0.780. The third-order valence-electron chi connectivity index (χ3n) is 7.96. The number of amides is 2. The van der Waals surface area contributed by atoms with Gasteiger partial charge in [0.1, 0.15) is 6.67 Å². The van der Waals surface area contributed by atoms with Gasteiger partial charge < -0.3 is 21.1 Å². The highest BCUT2D eigenvalue weighted by molar-refractivity contribution is 7.13. The normalized spacial score (nSPS) is 16.2. The summed E-state index contributed by atoms with van der Waals surface area (Å²) in [6.07, 6.45) is 2.48. The molecule has 2 aromatic heterocycles. The fraction of sp³-hybridized carbons (Fsp3) is 0.355. The van der Waals surface area contributed by atoms with E-state index in [1.807, 2.05) is 9.58 Å². The van der Waals surface area contributed by atoms with Gasteiger partial charge in [0.05, 0.1) is 39.4 Å². The smallest absolute Gasteiger partial charge is 0.284 e. The average molecular weight is 673 g/mol. The molecule has 2 aromatic carbocycles. The Hall–Kier alpha value is -3.39. The van der Waals surface area contributed by atoms with Crippen LogP contribution in [0.2, 0.25) is 10.0 Å². The number of hydrogen-bond acceptors (Lipinski definition) is 8. The van der Waals surface area contributed by atoms with E-state index in [0.717, 1.165) is 29.1 Å². The van der Waals surface area contributed by atoms with Crippen LogP contribution in [0.15, 0.2) is 42.5 Å². The Morgan fingerprint density at radius 3 is 2.44 bits per heavy atom. The Morgan fingerprint density at radius 2 is 1.76 bits per heavy atom. The number of fused-ring (bicyclic) bond motifs is 2. The number of rotatable bonds is 10. The van der Waals surface area contributed by atoms with Crippen LogP contribution in [0.5, 0.6) is 0 Å². The van der Waals surface area contributed by atoms with E-state index in [-0.39, 0.29) is 34.3 Å². The van der Waals surface area contributed by atoms with Crippen LogP contribution in [0.25, 0.3) is 11.1 Å². The third kappa shape index (κ3) is 6.76. The molecule has 2 aliphatic heterocycles. The van der Waals surface area contributed by atoms with Gasteiger partial charge in [-0.05, 0) is 31.0 Å². The van der Waals surface area contributed by atoms with E-state index in [1.54, 1.807) is 42.5 Å². The van der Waals surface area contributed by atoms with Crippen molar-refractivity contribution in [3.05, 3.63) is 79.5 Å². The lowest BCUT2D eigenvalue weighted by molar-refractivity contribution is 0.101. The van der Waals surface area contributed by atoms with Crippen LogP contribution in [-0.2, 0) is 19.5 Å². The van der Waals surface area contributed by atoms with Crippen LogP contribution in [-0.4, -0.2) is 69.5 Å². The van der Waals surface area contributed by atoms with Gasteiger partial charge in [-0.15, -0.1) is 11.3 Å². The zero-order valence-electron chi connectivity index (χ0n) is 24.3. The van der Waals surface area contributed by atoms with Gasteiger partial charge in [0.15, 0.2) is 10.7 Å². The molecule has 4 heterocycles. The number of nitrogens with one attached hydrogen (secondary N) is 3. The van der Waals surface area contributed by atoms with Crippen molar-refractivity contribution >= 4 is 57.7 Å². The number of benzene rings is 2. The van der Waals surface area contributed by atoms with Gasteiger partial charge in [-0.2, -0.15) is 5.10 Å². The van der Waals surface area contributed by atoms with Gasteiger partial charge in [0.25, 0.3) is 11.8 Å². The molecular weight excluding hydrogens is 640 g/mol. The molecule has 1 atom stereocenters. The van der Waals surface area contributed by atoms with Gasteiger partial charge >= 0.3 is 0 Å². The highest BCUT2D eigenvalue weighted by Crippen LogP contribution is 2.40. The molecule has 4 N–H and O–H groups in total. The van der Waals surface area contributed by atoms with Gasteiger partial charge in [-0.25, -0.2) is 9.37 Å². The lowest BCUT2D eigenvalue weighted by atomic mass is 10.0. The number of hydrogen-bond donors (Lipinski definition) is 4. The molecule has 0 saturated carbocycles. The zero-order chi connectivity index (χ0) is 31.5. The van der Waals surface area contributed by atoms with Gasteiger partial charge in [-0.1, -0.05) is 47.5 Å². The van der Waals surface area contributed by atoms with Crippen LogP contribution in [0, 0.1) is 0 Å². The van der Waals surface area contributed by atoms with Crippen molar-refractivity contribution < 1.29 is 19.1 Å². The summed E-state index contributed by atoms with van der Waals surface area (Å²) in [6.45, 7) is 2.45. The van der Waals surface area contributed by atoms with Crippen molar-refractivity contribution in [2.45, 2.75) is 38.4 Å². The van der Waals surface area contributed by atoms with Crippen LogP contribution in [0.1, 0.15) is 55.4 Å². The maximum Gasteiger partial charge on any atom is 0.284 e. The number of carbonyl (C=O) groups excluding carboxylic acids is 2. The molecule has 0 radical (unpaired) electrons. The summed E-state index contributed by atoms with van der Waals surface area (Å²) < 4.78 is 14.6. The first-order chi connectivity index (χ1) is 21.9. The van der Waals surface area contributed by atoms with Crippen molar-refractivity contribution in [1.29, 1.82) is 0 Å². The van der Waals surface area contributed by atoms with E-state index in [2.05, 4.69) is 26.0 Å². The Kier molecular flexibility index (Phi) is 9.78. The third-order valence-corrected chi connectivity index (χ3v) is 9.85. The summed E-state index contributed by atoms with van der Waals surface area (Å²) in [7, 11) is 0. The van der Waals surface area contributed by atoms with E-state index in [1.165, 1.54) is 11.3 Å². The van der Waals surface area contributed by atoms with Gasteiger partial charge in [0, 0.05) is 61.2 Å². The minimum absolute atomic E-state index is 0.0144. The van der Waals surface area contributed by atoms with Gasteiger partial charge in [-0.3, -0.25) is 19.2 Å². The lowest BCUT2D eigenvalue weighted by Gasteiger charge is -2.24. The van der Waals surface area contributed by atoms with E-state index >= 15 is 0 Å². The maximum atomic E-state index is 13.2. The summed E-state index contributed by atoms with van der Waals surface area (Å²) in [4.78, 5) is 33.9. The quantitative estimate of drug-likeness (QED) is 0.174. The number of nitrogens with zero attached hydrogens (tertiary/aromatic N) is 4. The predicted octanol–water partition coefficient (Wildman–Crippen LogP) is 5.56. The minimum atomic E-state index is -0.410. The van der Waals surface area contributed by atoms with Crippen LogP contribution >= 0.6 is 34.5 Å². The molecular formula is C31H32Cl2FN7O3S. The van der Waals surface area contributed by atoms with Gasteiger partial charge in [0.2, 0.25) is 0 Å². The number of alkyl halides is 1. The number of aromatic nitrogens is 3. The Morgan fingerprint density at radius 1 is 1.04 bits per heavy atom. The lowest BCUT2D eigenvalue weighted by Crippen LogP contribution is -2.31. The fourth-order valence-corrected chi connectivity index (χ4v) is 7.33. The fourth-order valence-electron chi connectivity index (χ4n) is 5.73. The van der Waals surface area contributed by atoms with Crippen LogP contribution in [0.3, 0.4) is 0 Å². The molecule has 14 heteroatoms. The van der Waals surface area contributed by atoms with E-state index in [4.69, 9.17) is 23.2 Å². The molecule has 0 fully saturated rings. The highest BCUT2D eigenvalue weighted by atomic mass is 35.5. The molecule has 1 unspecified atom stereocenters. The Bertz CT molecular complexity index is 1730. The monoisotopic (exact) mass is 671 g/mol. The zero-order valence-corrected chi connectivity index (χ0v) is 26.6.